The standard InChI is InChI=1S/C26H32F2N2O.C4H7NO3/c1-18-5-7-21(8-6-18)9-10-30(4)26(15-19(2)11-20(3)16-26)29-25(17-31)22-12-23(27)14-24(28)13-22;6-3-5-2-1-4(7)8/h5-8,12-14,17,19-20H,9-11,15-16H2,1-4H3;3H,1-2H2,(H,5,6)(H,7,8)/b29-25+;. The van der Waals surface area contributed by atoms with E-state index in [0.29, 0.717) is 24.5 Å². The molecule has 2 aromatic carbocycles. The molecule has 0 radical (unpaired) electrons. The van der Waals surface area contributed by atoms with Crippen molar-refractivity contribution in [3.05, 3.63) is 70.8 Å². The largest absolute Gasteiger partial charge is 0.481 e. The van der Waals surface area contributed by atoms with Crippen LogP contribution in [0, 0.1) is 30.4 Å². The van der Waals surface area contributed by atoms with E-state index in [9.17, 15) is 23.2 Å². The average molecular weight is 544 g/mol. The Hall–Kier alpha value is -3.46. The number of rotatable bonds is 11. The summed E-state index contributed by atoms with van der Waals surface area (Å²) in [5.41, 5.74) is 2.18. The van der Waals surface area contributed by atoms with Gasteiger partial charge in [-0.25, -0.2) is 8.78 Å². The first-order chi connectivity index (χ1) is 18.5. The zero-order valence-electron chi connectivity index (χ0n) is 23.1. The molecule has 0 spiro atoms. The average Bonchev–Trinajstić information content (AvgIpc) is 2.86. The molecule has 39 heavy (non-hydrogen) atoms. The number of halogens is 2. The highest BCUT2D eigenvalue weighted by Gasteiger charge is 2.41. The van der Waals surface area contributed by atoms with Gasteiger partial charge in [0.15, 0.2) is 6.29 Å². The van der Waals surface area contributed by atoms with Crippen LogP contribution < -0.4 is 5.32 Å². The fourth-order valence-corrected chi connectivity index (χ4v) is 5.12. The second-order valence-electron chi connectivity index (χ2n) is 10.5. The van der Waals surface area contributed by atoms with Crippen molar-refractivity contribution in [1.82, 2.24) is 10.2 Å². The number of hydrogen-bond acceptors (Lipinski definition) is 5. The number of carboxylic acids is 1. The fraction of sp³-hybridized carbons (Fsp3) is 0.467. The summed E-state index contributed by atoms with van der Waals surface area (Å²) in [4.78, 5) is 38.3. The number of aliphatic imine (C=N–C) groups is 1. The molecule has 1 amide bonds. The number of carbonyl (C=O) groups excluding carboxylic acids is 2. The lowest BCUT2D eigenvalue weighted by Gasteiger charge is -2.46. The minimum absolute atomic E-state index is 0.0151. The van der Waals surface area contributed by atoms with Gasteiger partial charge < -0.3 is 10.4 Å². The molecular weight excluding hydrogens is 504 g/mol. The summed E-state index contributed by atoms with van der Waals surface area (Å²) >= 11 is 0. The molecule has 2 unspecified atom stereocenters. The van der Waals surface area contributed by atoms with Gasteiger partial charge in [-0.2, -0.15) is 0 Å². The van der Waals surface area contributed by atoms with Crippen molar-refractivity contribution in [2.75, 3.05) is 20.1 Å². The van der Waals surface area contributed by atoms with Crippen molar-refractivity contribution in [2.24, 2.45) is 16.8 Å². The molecule has 2 aromatic rings. The smallest absolute Gasteiger partial charge is 0.305 e. The SMILES string of the molecule is Cc1ccc(CCN(C)C2(/N=C(\C=O)c3cc(F)cc(F)c3)CC(C)CC(C)C2)cc1.O=CNCCC(=O)O. The highest BCUT2D eigenvalue weighted by Crippen LogP contribution is 2.41. The first kappa shape index (κ1) is 31.8. The molecule has 1 fully saturated rings. The van der Waals surface area contributed by atoms with E-state index in [0.717, 1.165) is 38.3 Å². The zero-order valence-corrected chi connectivity index (χ0v) is 23.1. The Morgan fingerprint density at radius 2 is 1.69 bits per heavy atom. The van der Waals surface area contributed by atoms with E-state index in [1.807, 2.05) is 7.05 Å². The quantitative estimate of drug-likeness (QED) is 0.241. The Labute approximate surface area is 229 Å². The monoisotopic (exact) mass is 543 g/mol. The number of carbonyl (C=O) groups is 3. The van der Waals surface area contributed by atoms with E-state index in [1.165, 1.54) is 23.3 Å². The van der Waals surface area contributed by atoms with Crippen molar-refractivity contribution >= 4 is 24.4 Å². The van der Waals surface area contributed by atoms with Crippen LogP contribution >= 0.6 is 0 Å². The lowest BCUT2D eigenvalue weighted by molar-refractivity contribution is -0.136. The van der Waals surface area contributed by atoms with Gasteiger partial charge in [0.1, 0.15) is 23.0 Å². The lowest BCUT2D eigenvalue weighted by atomic mass is 9.75. The van der Waals surface area contributed by atoms with Crippen molar-refractivity contribution in [1.29, 1.82) is 0 Å². The number of benzene rings is 2. The fourth-order valence-electron chi connectivity index (χ4n) is 5.12. The van der Waals surface area contributed by atoms with Crippen LogP contribution in [-0.4, -0.2) is 60.2 Å². The predicted octanol–water partition coefficient (Wildman–Crippen LogP) is 4.80. The number of nitrogens with zero attached hydrogens (tertiary/aromatic N) is 2. The minimum Gasteiger partial charge on any atom is -0.481 e. The van der Waals surface area contributed by atoms with E-state index in [1.54, 1.807) is 0 Å². The number of hydrogen-bond donors (Lipinski definition) is 2. The first-order valence-electron chi connectivity index (χ1n) is 13.1. The van der Waals surface area contributed by atoms with E-state index in [-0.39, 0.29) is 24.2 Å². The molecule has 3 rings (SSSR count). The topological polar surface area (TPSA) is 99.1 Å². The van der Waals surface area contributed by atoms with E-state index < -0.39 is 23.3 Å². The molecule has 0 saturated heterocycles. The number of amides is 1. The molecule has 212 valence electrons. The molecule has 2 atom stereocenters. The second kappa shape index (κ2) is 15.2. The van der Waals surface area contributed by atoms with Crippen LogP contribution in [0.4, 0.5) is 8.78 Å². The van der Waals surface area contributed by atoms with Gasteiger partial charge in [0, 0.05) is 24.7 Å². The van der Waals surface area contributed by atoms with Gasteiger partial charge >= 0.3 is 5.97 Å². The number of aliphatic carboxylic acids is 1. The van der Waals surface area contributed by atoms with Gasteiger partial charge in [0.25, 0.3) is 0 Å². The van der Waals surface area contributed by atoms with Crippen LogP contribution in [0.5, 0.6) is 0 Å². The summed E-state index contributed by atoms with van der Waals surface area (Å²) < 4.78 is 27.6. The highest BCUT2D eigenvalue weighted by molar-refractivity contribution is 6.36. The number of carboxylic acid groups (broad SMARTS) is 1. The Balaban J connectivity index is 0.000000580. The van der Waals surface area contributed by atoms with Crippen LogP contribution in [0.2, 0.25) is 0 Å². The number of aldehydes is 1. The summed E-state index contributed by atoms with van der Waals surface area (Å²) in [5, 5.41) is 10.2. The van der Waals surface area contributed by atoms with Crippen molar-refractivity contribution in [2.45, 2.75) is 58.5 Å². The van der Waals surface area contributed by atoms with Crippen LogP contribution in [0.3, 0.4) is 0 Å². The van der Waals surface area contributed by atoms with Gasteiger partial charge in [-0.05, 0) is 69.2 Å². The second-order valence-corrected chi connectivity index (χ2v) is 10.5. The van der Waals surface area contributed by atoms with Crippen LogP contribution in [0.1, 0.15) is 56.2 Å². The van der Waals surface area contributed by atoms with Gasteiger partial charge in [-0.1, -0.05) is 43.7 Å². The molecule has 0 bridgehead atoms. The molecule has 0 aliphatic heterocycles. The van der Waals surface area contributed by atoms with Crippen LogP contribution in [0.15, 0.2) is 47.5 Å². The number of nitrogens with one attached hydrogen (secondary N) is 1. The molecule has 0 heterocycles. The predicted molar refractivity (Wildman–Crippen MR) is 148 cm³/mol. The van der Waals surface area contributed by atoms with Gasteiger partial charge in [-0.3, -0.25) is 24.3 Å². The van der Waals surface area contributed by atoms with Crippen LogP contribution in [-0.2, 0) is 20.8 Å². The third kappa shape index (κ3) is 10.3. The lowest BCUT2D eigenvalue weighted by Crippen LogP contribution is -2.51. The molecule has 1 aliphatic carbocycles. The molecule has 7 nitrogen and oxygen atoms in total. The van der Waals surface area contributed by atoms with E-state index in [4.69, 9.17) is 10.1 Å². The summed E-state index contributed by atoms with van der Waals surface area (Å²) in [6, 6.07) is 11.6. The first-order valence-corrected chi connectivity index (χ1v) is 13.1. The minimum atomic E-state index is -0.903. The highest BCUT2D eigenvalue weighted by atomic mass is 19.1. The molecule has 2 N–H and O–H groups in total. The number of aryl methyl sites for hydroxylation is 1. The van der Waals surface area contributed by atoms with Crippen molar-refractivity contribution in [3.8, 4) is 0 Å². The van der Waals surface area contributed by atoms with E-state index in [2.05, 4.69) is 55.3 Å². The maximum atomic E-state index is 13.8. The van der Waals surface area contributed by atoms with E-state index >= 15 is 0 Å². The molecule has 1 aliphatic rings. The van der Waals surface area contributed by atoms with Crippen LogP contribution in [0.25, 0.3) is 0 Å². The van der Waals surface area contributed by atoms with Crippen molar-refractivity contribution in [3.63, 3.8) is 0 Å². The summed E-state index contributed by atoms with van der Waals surface area (Å²) in [7, 11) is 2.04. The Morgan fingerprint density at radius 1 is 1.10 bits per heavy atom. The normalized spacial score (nSPS) is 21.1. The summed E-state index contributed by atoms with van der Waals surface area (Å²) in [6.07, 6.45) is 4.65. The maximum Gasteiger partial charge on any atom is 0.305 e. The van der Waals surface area contributed by atoms with Crippen molar-refractivity contribution < 1.29 is 28.3 Å². The molecule has 9 heteroatoms. The third-order valence-corrected chi connectivity index (χ3v) is 6.89. The molecule has 1 saturated carbocycles. The Morgan fingerprint density at radius 3 is 2.21 bits per heavy atom. The number of likely N-dealkylation sites (N-methyl/N-ethyl adjacent to an activating group) is 1. The third-order valence-electron chi connectivity index (χ3n) is 6.89. The summed E-state index contributed by atoms with van der Waals surface area (Å²) in [6.45, 7) is 7.46. The maximum absolute atomic E-state index is 13.8. The molecular formula is C30H39F2N3O4. The Bertz CT molecular complexity index is 1110. The molecule has 0 aromatic heterocycles. The Kier molecular flexibility index (Phi) is 12.4. The summed E-state index contributed by atoms with van der Waals surface area (Å²) in [5.74, 6) is -1.45. The zero-order chi connectivity index (χ0) is 29.0. The van der Waals surface area contributed by atoms with Gasteiger partial charge in [0.05, 0.1) is 6.42 Å². The van der Waals surface area contributed by atoms with Gasteiger partial charge in [-0.15, -0.1) is 0 Å². The van der Waals surface area contributed by atoms with Gasteiger partial charge in [0.2, 0.25) is 6.41 Å².